The summed E-state index contributed by atoms with van der Waals surface area (Å²) in [4.78, 5) is 0. The molecule has 0 aromatic rings. The third-order valence-electron chi connectivity index (χ3n) is 1.92. The molecule has 1 atom stereocenters. The Morgan fingerprint density at radius 3 is 2.64 bits per heavy atom. The quantitative estimate of drug-likeness (QED) is 0.471. The van der Waals surface area contributed by atoms with E-state index in [9.17, 15) is 0 Å². The molecule has 0 aromatic carbocycles. The van der Waals surface area contributed by atoms with Gasteiger partial charge in [-0.1, -0.05) is 39.1 Å². The summed E-state index contributed by atoms with van der Waals surface area (Å²) in [6, 6.07) is 0. The highest BCUT2D eigenvalue weighted by Gasteiger charge is 1.96. The molecule has 1 N–H and O–H groups in total. The standard InChI is InChI=1S/C9H21NS/c1-4-9(3)7-6-8-10-11-5-2/h9-10H,4-8H2,1-3H3/t9-/m0/s1. The van der Waals surface area contributed by atoms with Crippen LogP contribution in [0.15, 0.2) is 0 Å². The highest BCUT2D eigenvalue weighted by Crippen LogP contribution is 2.08. The van der Waals surface area contributed by atoms with Crippen molar-refractivity contribution in [2.45, 2.75) is 40.0 Å². The fourth-order valence-electron chi connectivity index (χ4n) is 0.901. The lowest BCUT2D eigenvalue weighted by molar-refractivity contribution is 0.496. The van der Waals surface area contributed by atoms with E-state index in [2.05, 4.69) is 25.5 Å². The average Bonchev–Trinajstić information content (AvgIpc) is 2.04. The van der Waals surface area contributed by atoms with E-state index in [0.717, 1.165) is 5.92 Å². The van der Waals surface area contributed by atoms with Gasteiger partial charge >= 0.3 is 0 Å². The van der Waals surface area contributed by atoms with Crippen molar-refractivity contribution in [3.8, 4) is 0 Å². The summed E-state index contributed by atoms with van der Waals surface area (Å²) < 4.78 is 3.33. The second-order valence-electron chi connectivity index (χ2n) is 2.98. The first-order valence-electron chi connectivity index (χ1n) is 4.65. The first-order valence-corrected chi connectivity index (χ1v) is 5.64. The van der Waals surface area contributed by atoms with Gasteiger partial charge in [0.15, 0.2) is 0 Å². The number of hydrogen-bond donors (Lipinski definition) is 1. The highest BCUT2D eigenvalue weighted by molar-refractivity contribution is 7.97. The molecule has 0 saturated carbocycles. The summed E-state index contributed by atoms with van der Waals surface area (Å²) in [5.41, 5.74) is 0. The molecule has 2 heteroatoms. The molecule has 0 aromatic heterocycles. The Morgan fingerprint density at radius 1 is 1.36 bits per heavy atom. The van der Waals surface area contributed by atoms with E-state index in [4.69, 9.17) is 0 Å². The van der Waals surface area contributed by atoms with Crippen LogP contribution in [0.1, 0.15) is 40.0 Å². The molecule has 68 valence electrons. The number of rotatable bonds is 7. The molecule has 0 spiro atoms. The zero-order valence-electron chi connectivity index (χ0n) is 8.02. The van der Waals surface area contributed by atoms with Crippen LogP contribution in [0.25, 0.3) is 0 Å². The van der Waals surface area contributed by atoms with E-state index >= 15 is 0 Å². The molecule has 0 rings (SSSR count). The maximum Gasteiger partial charge on any atom is 0.00586 e. The predicted molar refractivity (Wildman–Crippen MR) is 54.8 cm³/mol. The van der Waals surface area contributed by atoms with Crippen LogP contribution in [0.4, 0.5) is 0 Å². The molecule has 0 unspecified atom stereocenters. The van der Waals surface area contributed by atoms with Crippen LogP contribution in [-0.4, -0.2) is 12.3 Å². The number of nitrogens with one attached hydrogen (secondary N) is 1. The van der Waals surface area contributed by atoms with Crippen molar-refractivity contribution in [1.82, 2.24) is 4.72 Å². The third kappa shape index (κ3) is 8.21. The van der Waals surface area contributed by atoms with Crippen molar-refractivity contribution in [3.05, 3.63) is 0 Å². The summed E-state index contributed by atoms with van der Waals surface area (Å²) in [6.07, 6.45) is 4.01. The van der Waals surface area contributed by atoms with Crippen molar-refractivity contribution < 1.29 is 0 Å². The molecule has 11 heavy (non-hydrogen) atoms. The minimum Gasteiger partial charge on any atom is -0.264 e. The van der Waals surface area contributed by atoms with Gasteiger partial charge < -0.3 is 0 Å². The van der Waals surface area contributed by atoms with Gasteiger partial charge in [-0.25, -0.2) is 0 Å². The Morgan fingerprint density at radius 2 is 2.09 bits per heavy atom. The molecule has 0 radical (unpaired) electrons. The first kappa shape index (κ1) is 11.3. The van der Waals surface area contributed by atoms with E-state index in [1.807, 2.05) is 11.9 Å². The van der Waals surface area contributed by atoms with Gasteiger partial charge in [0.05, 0.1) is 0 Å². The van der Waals surface area contributed by atoms with Crippen LogP contribution in [-0.2, 0) is 0 Å². The largest absolute Gasteiger partial charge is 0.264 e. The SMILES string of the molecule is CCSNCCC[C@@H](C)CC. The Labute approximate surface area is 75.5 Å². The molecular weight excluding hydrogens is 154 g/mol. The van der Waals surface area contributed by atoms with E-state index in [0.29, 0.717) is 0 Å². The van der Waals surface area contributed by atoms with Gasteiger partial charge in [0.2, 0.25) is 0 Å². The van der Waals surface area contributed by atoms with E-state index in [1.54, 1.807) is 0 Å². The molecule has 1 nitrogen and oxygen atoms in total. The highest BCUT2D eigenvalue weighted by atomic mass is 32.2. The minimum absolute atomic E-state index is 0.906. The molecule has 0 aliphatic rings. The normalized spacial score (nSPS) is 13.4. The first-order chi connectivity index (χ1) is 5.31. The van der Waals surface area contributed by atoms with Gasteiger partial charge in [-0.15, -0.1) is 0 Å². The van der Waals surface area contributed by atoms with Crippen molar-refractivity contribution in [3.63, 3.8) is 0 Å². The minimum atomic E-state index is 0.906. The molecule has 0 fully saturated rings. The summed E-state index contributed by atoms with van der Waals surface area (Å²) in [7, 11) is 0. The fraction of sp³-hybridized carbons (Fsp3) is 1.00. The maximum absolute atomic E-state index is 3.33. The summed E-state index contributed by atoms with van der Waals surface area (Å²) in [5, 5.41) is 0. The summed E-state index contributed by atoms with van der Waals surface area (Å²) in [6.45, 7) is 7.93. The fourth-order valence-corrected chi connectivity index (χ4v) is 1.39. The predicted octanol–water partition coefficient (Wildman–Crippen LogP) is 3.07. The third-order valence-corrected chi connectivity index (χ3v) is 2.62. The van der Waals surface area contributed by atoms with Crippen LogP contribution in [0.3, 0.4) is 0 Å². The lowest BCUT2D eigenvalue weighted by Gasteiger charge is -2.07. The molecule has 0 saturated heterocycles. The lowest BCUT2D eigenvalue weighted by atomic mass is 10.0. The Bertz CT molecular complexity index is 76.0. The second-order valence-corrected chi connectivity index (χ2v) is 4.14. The van der Waals surface area contributed by atoms with Crippen LogP contribution in [0.5, 0.6) is 0 Å². The summed E-state index contributed by atoms with van der Waals surface area (Å²) in [5.74, 6) is 2.08. The van der Waals surface area contributed by atoms with E-state index in [1.165, 1.54) is 31.6 Å². The van der Waals surface area contributed by atoms with Crippen molar-refractivity contribution in [1.29, 1.82) is 0 Å². The van der Waals surface area contributed by atoms with Gasteiger partial charge in [0.1, 0.15) is 0 Å². The Kier molecular flexibility index (Phi) is 8.64. The van der Waals surface area contributed by atoms with E-state index in [-0.39, 0.29) is 0 Å². The molecule has 0 amide bonds. The van der Waals surface area contributed by atoms with Crippen molar-refractivity contribution >= 4 is 11.9 Å². The number of hydrogen-bond acceptors (Lipinski definition) is 2. The van der Waals surface area contributed by atoms with E-state index < -0.39 is 0 Å². The van der Waals surface area contributed by atoms with Gasteiger partial charge in [-0.3, -0.25) is 4.72 Å². The van der Waals surface area contributed by atoms with Crippen molar-refractivity contribution in [2.75, 3.05) is 12.3 Å². The van der Waals surface area contributed by atoms with Crippen LogP contribution in [0.2, 0.25) is 0 Å². The molecule has 0 bridgehead atoms. The molecule has 0 heterocycles. The monoisotopic (exact) mass is 175 g/mol. The second kappa shape index (κ2) is 8.41. The topological polar surface area (TPSA) is 12.0 Å². The van der Waals surface area contributed by atoms with Gasteiger partial charge in [0, 0.05) is 12.3 Å². The van der Waals surface area contributed by atoms with Crippen LogP contribution in [0, 0.1) is 5.92 Å². The Hall–Kier alpha value is 0.310. The van der Waals surface area contributed by atoms with Gasteiger partial charge in [-0.2, -0.15) is 0 Å². The summed E-state index contributed by atoms with van der Waals surface area (Å²) >= 11 is 1.82. The zero-order valence-corrected chi connectivity index (χ0v) is 8.84. The lowest BCUT2D eigenvalue weighted by Crippen LogP contribution is -2.07. The Balaban J connectivity index is 2.89. The maximum atomic E-state index is 3.33. The molecular formula is C9H21NS. The van der Waals surface area contributed by atoms with Gasteiger partial charge in [-0.05, 0) is 18.8 Å². The molecule has 0 aliphatic carbocycles. The zero-order chi connectivity index (χ0) is 8.53. The van der Waals surface area contributed by atoms with Crippen LogP contribution < -0.4 is 4.72 Å². The van der Waals surface area contributed by atoms with Crippen LogP contribution >= 0.6 is 11.9 Å². The smallest absolute Gasteiger partial charge is 0.00586 e. The van der Waals surface area contributed by atoms with Crippen molar-refractivity contribution in [2.24, 2.45) is 5.92 Å². The van der Waals surface area contributed by atoms with Gasteiger partial charge in [0.25, 0.3) is 0 Å². The molecule has 0 aliphatic heterocycles. The average molecular weight is 175 g/mol.